The van der Waals surface area contributed by atoms with Crippen molar-refractivity contribution in [3.05, 3.63) is 51.5 Å². The minimum absolute atomic E-state index is 0.104. The molecule has 0 radical (unpaired) electrons. The molecular weight excluding hydrogens is 307 g/mol. The fourth-order valence-electron chi connectivity index (χ4n) is 1.78. The van der Waals surface area contributed by atoms with E-state index < -0.39 is 24.6 Å². The lowest BCUT2D eigenvalue weighted by Gasteiger charge is -2.08. The highest BCUT2D eigenvalue weighted by Gasteiger charge is 2.21. The van der Waals surface area contributed by atoms with E-state index in [1.807, 2.05) is 31.2 Å². The molecule has 0 spiro atoms. The third-order valence-corrected chi connectivity index (χ3v) is 3.87. The van der Waals surface area contributed by atoms with Crippen molar-refractivity contribution in [2.75, 3.05) is 6.67 Å². The molecule has 1 amide bonds. The summed E-state index contributed by atoms with van der Waals surface area (Å²) in [6.45, 7) is 0.834. The SMILES string of the molecule is Cc1ccc(Cc2nc(C(=O)NC(CF)C(=O)O)cs2)cc1. The predicted octanol–water partition coefficient (Wildman–Crippen LogP) is 2.19. The second kappa shape index (κ2) is 7.13. The molecule has 7 heteroatoms. The van der Waals surface area contributed by atoms with Crippen LogP contribution in [0.2, 0.25) is 0 Å². The third kappa shape index (κ3) is 4.11. The van der Waals surface area contributed by atoms with Gasteiger partial charge in [0, 0.05) is 11.8 Å². The lowest BCUT2D eigenvalue weighted by molar-refractivity contribution is -0.139. The molecular formula is C15H15FN2O3S. The molecule has 1 heterocycles. The fourth-order valence-corrected chi connectivity index (χ4v) is 2.58. The Hall–Kier alpha value is -2.28. The number of aromatic nitrogens is 1. The Morgan fingerprint density at radius 2 is 2.05 bits per heavy atom. The highest BCUT2D eigenvalue weighted by atomic mass is 32.1. The van der Waals surface area contributed by atoms with Gasteiger partial charge in [-0.05, 0) is 12.5 Å². The molecule has 1 unspecified atom stereocenters. The number of nitrogens with zero attached hydrogens (tertiary/aromatic N) is 1. The summed E-state index contributed by atoms with van der Waals surface area (Å²) in [5.74, 6) is -2.09. The zero-order valence-electron chi connectivity index (χ0n) is 11.9. The molecule has 1 atom stereocenters. The van der Waals surface area contributed by atoms with Gasteiger partial charge in [0.25, 0.3) is 5.91 Å². The smallest absolute Gasteiger partial charge is 0.328 e. The Morgan fingerprint density at radius 1 is 1.36 bits per heavy atom. The largest absolute Gasteiger partial charge is 0.480 e. The Bertz CT molecular complexity index is 670. The minimum Gasteiger partial charge on any atom is -0.480 e. The molecule has 2 aromatic rings. The van der Waals surface area contributed by atoms with Crippen molar-refractivity contribution in [1.29, 1.82) is 0 Å². The van der Waals surface area contributed by atoms with Crippen LogP contribution in [0.15, 0.2) is 29.6 Å². The summed E-state index contributed by atoms with van der Waals surface area (Å²) in [5.41, 5.74) is 2.33. The van der Waals surface area contributed by atoms with E-state index in [0.29, 0.717) is 6.42 Å². The van der Waals surface area contributed by atoms with E-state index in [4.69, 9.17) is 5.11 Å². The summed E-state index contributed by atoms with van der Waals surface area (Å²) in [7, 11) is 0. The van der Waals surface area contributed by atoms with Gasteiger partial charge in [0.2, 0.25) is 0 Å². The molecule has 2 N–H and O–H groups in total. The maximum atomic E-state index is 12.5. The van der Waals surface area contributed by atoms with Crippen LogP contribution in [-0.2, 0) is 11.2 Å². The summed E-state index contributed by atoms with van der Waals surface area (Å²) in [6, 6.07) is 6.42. The van der Waals surface area contributed by atoms with Crippen LogP contribution in [0.1, 0.15) is 26.6 Å². The van der Waals surface area contributed by atoms with Crippen LogP contribution in [0, 0.1) is 6.92 Å². The van der Waals surface area contributed by atoms with Crippen LogP contribution in [0.5, 0.6) is 0 Å². The maximum Gasteiger partial charge on any atom is 0.328 e. The van der Waals surface area contributed by atoms with Crippen LogP contribution < -0.4 is 5.32 Å². The Labute approximate surface area is 130 Å². The van der Waals surface area contributed by atoms with Gasteiger partial charge >= 0.3 is 5.97 Å². The molecule has 0 fully saturated rings. The number of rotatable bonds is 6. The van der Waals surface area contributed by atoms with Gasteiger partial charge in [-0.2, -0.15) is 0 Å². The fraction of sp³-hybridized carbons (Fsp3) is 0.267. The second-order valence-electron chi connectivity index (χ2n) is 4.81. The van der Waals surface area contributed by atoms with E-state index in [9.17, 15) is 14.0 Å². The quantitative estimate of drug-likeness (QED) is 0.854. The van der Waals surface area contributed by atoms with E-state index in [1.54, 1.807) is 0 Å². The van der Waals surface area contributed by atoms with Gasteiger partial charge in [0.1, 0.15) is 12.4 Å². The molecule has 0 saturated heterocycles. The average Bonchev–Trinajstić information content (AvgIpc) is 2.95. The third-order valence-electron chi connectivity index (χ3n) is 3.02. The normalized spacial score (nSPS) is 11.9. The number of hydrogen-bond donors (Lipinski definition) is 2. The molecule has 2 rings (SSSR count). The summed E-state index contributed by atoms with van der Waals surface area (Å²) in [5, 5.41) is 13.1. The van der Waals surface area contributed by atoms with Crippen molar-refractivity contribution in [3.8, 4) is 0 Å². The first-order valence-corrected chi connectivity index (χ1v) is 7.47. The highest BCUT2D eigenvalue weighted by molar-refractivity contribution is 7.09. The van der Waals surface area contributed by atoms with Gasteiger partial charge < -0.3 is 10.4 Å². The van der Waals surface area contributed by atoms with Crippen LogP contribution in [0.4, 0.5) is 4.39 Å². The summed E-state index contributed by atoms with van der Waals surface area (Å²) < 4.78 is 12.5. The molecule has 0 aliphatic heterocycles. The van der Waals surface area contributed by atoms with Crippen molar-refractivity contribution in [3.63, 3.8) is 0 Å². The number of halogens is 1. The Morgan fingerprint density at radius 3 is 2.64 bits per heavy atom. The van der Waals surface area contributed by atoms with E-state index >= 15 is 0 Å². The van der Waals surface area contributed by atoms with Crippen molar-refractivity contribution in [2.45, 2.75) is 19.4 Å². The number of carboxylic acid groups (broad SMARTS) is 1. The van der Waals surface area contributed by atoms with Crippen LogP contribution >= 0.6 is 11.3 Å². The summed E-state index contributed by atoms with van der Waals surface area (Å²) in [6.07, 6.45) is 0.587. The number of benzene rings is 1. The number of aryl methyl sites for hydroxylation is 1. The van der Waals surface area contributed by atoms with Gasteiger partial charge in [-0.1, -0.05) is 29.8 Å². The molecule has 5 nitrogen and oxygen atoms in total. The number of nitrogens with one attached hydrogen (secondary N) is 1. The van der Waals surface area contributed by atoms with Crippen molar-refractivity contribution >= 4 is 23.2 Å². The first kappa shape index (κ1) is 16.1. The number of aliphatic carboxylic acids is 1. The van der Waals surface area contributed by atoms with E-state index in [1.165, 1.54) is 16.7 Å². The number of carbonyl (C=O) groups excluding carboxylic acids is 1. The Kier molecular flexibility index (Phi) is 5.21. The van der Waals surface area contributed by atoms with Crippen LogP contribution in [-0.4, -0.2) is 34.7 Å². The molecule has 0 bridgehead atoms. The molecule has 0 aliphatic rings. The average molecular weight is 322 g/mol. The van der Waals surface area contributed by atoms with Crippen molar-refractivity contribution in [2.24, 2.45) is 0 Å². The van der Waals surface area contributed by atoms with Crippen molar-refractivity contribution in [1.82, 2.24) is 10.3 Å². The monoisotopic (exact) mass is 322 g/mol. The number of amides is 1. The van der Waals surface area contributed by atoms with Crippen LogP contribution in [0.3, 0.4) is 0 Å². The molecule has 1 aromatic carbocycles. The second-order valence-corrected chi connectivity index (χ2v) is 5.75. The lowest BCUT2D eigenvalue weighted by atomic mass is 10.1. The van der Waals surface area contributed by atoms with Crippen molar-refractivity contribution < 1.29 is 19.1 Å². The number of hydrogen-bond acceptors (Lipinski definition) is 4. The zero-order valence-corrected chi connectivity index (χ0v) is 12.7. The summed E-state index contributed by atoms with van der Waals surface area (Å²) >= 11 is 1.31. The standard InChI is InChI=1S/C15H15FN2O3S/c1-9-2-4-10(5-3-9)6-13-17-12(8-22-13)14(19)18-11(7-16)15(20)21/h2-5,8,11H,6-7H2,1H3,(H,18,19)(H,20,21). The molecule has 0 saturated carbocycles. The van der Waals surface area contributed by atoms with Gasteiger partial charge in [0.05, 0.1) is 5.01 Å². The van der Waals surface area contributed by atoms with Gasteiger partial charge in [-0.25, -0.2) is 14.2 Å². The topological polar surface area (TPSA) is 79.3 Å². The first-order valence-electron chi connectivity index (χ1n) is 6.59. The number of carboxylic acids is 1. The number of alkyl halides is 1. The van der Waals surface area contributed by atoms with E-state index in [-0.39, 0.29) is 5.69 Å². The van der Waals surface area contributed by atoms with Gasteiger partial charge in [0.15, 0.2) is 6.04 Å². The van der Waals surface area contributed by atoms with E-state index in [2.05, 4.69) is 10.3 Å². The first-order chi connectivity index (χ1) is 10.5. The molecule has 116 valence electrons. The van der Waals surface area contributed by atoms with Crippen LogP contribution in [0.25, 0.3) is 0 Å². The highest BCUT2D eigenvalue weighted by Crippen LogP contribution is 2.15. The zero-order chi connectivity index (χ0) is 16.1. The predicted molar refractivity (Wildman–Crippen MR) is 81.0 cm³/mol. The van der Waals surface area contributed by atoms with Gasteiger partial charge in [-0.3, -0.25) is 4.79 Å². The maximum absolute atomic E-state index is 12.5. The number of thiazole rings is 1. The summed E-state index contributed by atoms with van der Waals surface area (Å²) in [4.78, 5) is 26.7. The Balaban J connectivity index is 2.02. The molecule has 1 aromatic heterocycles. The van der Waals surface area contributed by atoms with E-state index in [0.717, 1.165) is 16.1 Å². The van der Waals surface area contributed by atoms with Gasteiger partial charge in [-0.15, -0.1) is 11.3 Å². The molecule has 22 heavy (non-hydrogen) atoms. The number of carbonyl (C=O) groups is 2. The lowest BCUT2D eigenvalue weighted by Crippen LogP contribution is -2.42. The minimum atomic E-state index is -1.55. The molecule has 0 aliphatic carbocycles.